The molecular formula is BiI5-2. The van der Waals surface area contributed by atoms with Gasteiger partial charge in [-0.25, -0.2) is 0 Å². The van der Waals surface area contributed by atoms with Gasteiger partial charge in [0.15, 0.2) is 0 Å². The van der Waals surface area contributed by atoms with Gasteiger partial charge in [-0.3, -0.25) is 0 Å². The Hall–Kier alpha value is 4.53. The number of hydrogen-bond acceptors (Lipinski definition) is 0. The average Bonchev–Trinajstić information content (AvgIpc) is 0.650. The number of halogens is 5. The van der Waals surface area contributed by atoms with Crippen LogP contribution in [0.15, 0.2) is 0 Å². The van der Waals surface area contributed by atoms with Gasteiger partial charge in [-0.2, -0.15) is 0 Å². The molecule has 0 amide bonds. The van der Waals surface area contributed by atoms with Crippen molar-refractivity contribution >= 4 is 88.1 Å². The van der Waals surface area contributed by atoms with Crippen LogP contribution < -0.4 is 0 Å². The third kappa shape index (κ3) is 23.6. The predicted molar refractivity (Wildman–Crippen MR) is 75.9 cm³/mol. The minimum absolute atomic E-state index is 1.95. The normalized spacial score (nSPS) is 19.2. The van der Waals surface area contributed by atoms with E-state index in [0.29, 0.717) is 0 Å². The maximum atomic E-state index is 2.57. The van der Waals surface area contributed by atoms with Crippen LogP contribution in [-0.4, -0.2) is -2.17 Å². The Morgan fingerprint density at radius 2 is 0.667 bits per heavy atom. The van der Waals surface area contributed by atoms with Crippen LogP contribution in [0, 0.1) is 0 Å². The summed E-state index contributed by atoms with van der Waals surface area (Å²) < 4.78 is -1.95. The molecule has 0 aromatic carbocycles. The predicted octanol–water partition coefficient (Wildman–Crippen LogP) is 4.05. The summed E-state index contributed by atoms with van der Waals surface area (Å²) in [6.07, 6.45) is 0. The molecule has 0 radical (unpaired) electrons. The Bertz CT molecular complexity index is 37.1. The van der Waals surface area contributed by atoms with Gasteiger partial charge in [-0.05, 0) is 0 Å². The van der Waals surface area contributed by atoms with Crippen molar-refractivity contribution in [3.63, 3.8) is 0 Å². The summed E-state index contributed by atoms with van der Waals surface area (Å²) in [6, 6.07) is 0. The van der Waals surface area contributed by atoms with Gasteiger partial charge >= 0.3 is 88.1 Å². The van der Waals surface area contributed by atoms with Crippen molar-refractivity contribution in [2.75, 3.05) is 0 Å². The molecule has 0 saturated heterocycles. The summed E-state index contributed by atoms with van der Waals surface area (Å²) in [6.45, 7) is 0. The van der Waals surface area contributed by atoms with Crippen molar-refractivity contribution in [3.05, 3.63) is 0 Å². The molecule has 0 bridgehead atoms. The molecule has 0 aromatic heterocycles. The third-order valence-electron chi connectivity index (χ3n) is 0. The second kappa shape index (κ2) is 3.29. The van der Waals surface area contributed by atoms with Gasteiger partial charge in [-0.15, -0.1) is 0 Å². The summed E-state index contributed by atoms with van der Waals surface area (Å²) in [5, 5.41) is 0. The molecule has 0 atom stereocenters. The fraction of sp³-hybridized carbons (Fsp3) is 0. The second-order valence-electron chi connectivity index (χ2n) is 0.639. The summed E-state index contributed by atoms with van der Waals surface area (Å²) in [7, 11) is 0. The van der Waals surface area contributed by atoms with E-state index < -0.39 is -2.17 Å². The summed E-state index contributed by atoms with van der Waals surface area (Å²) in [4.78, 5) is 0. The molecule has 0 fully saturated rings. The summed E-state index contributed by atoms with van der Waals surface area (Å²) in [5.41, 5.74) is 0. The Morgan fingerprint density at radius 1 is 0.667 bits per heavy atom. The van der Waals surface area contributed by atoms with Gasteiger partial charge in [0.25, 0.3) is 0 Å². The molecule has 0 saturated carbocycles. The molecule has 0 N–H and O–H groups in total. The molecule has 6 heavy (non-hydrogen) atoms. The van der Waals surface area contributed by atoms with E-state index in [1.54, 1.807) is 0 Å². The number of rotatable bonds is 0. The second-order valence-corrected chi connectivity index (χ2v) is 252. The van der Waals surface area contributed by atoms with Crippen molar-refractivity contribution in [2.24, 2.45) is 0 Å². The van der Waals surface area contributed by atoms with Crippen LogP contribution >= 0.6 is 90.2 Å². The topological polar surface area (TPSA) is 0 Å². The van der Waals surface area contributed by atoms with Crippen LogP contribution in [0.5, 0.6) is 0 Å². The summed E-state index contributed by atoms with van der Waals surface area (Å²) >= 11 is 12.9. The van der Waals surface area contributed by atoms with Crippen molar-refractivity contribution in [3.8, 4) is 0 Å². The van der Waals surface area contributed by atoms with E-state index in [9.17, 15) is 0 Å². The van der Waals surface area contributed by atoms with E-state index >= 15 is 0 Å². The van der Waals surface area contributed by atoms with Gasteiger partial charge in [0.2, 0.25) is 0 Å². The fourth-order valence-electron chi connectivity index (χ4n) is 0. The van der Waals surface area contributed by atoms with E-state index in [1.165, 1.54) is 0 Å². The SMILES string of the molecule is [I][Bi-2]([I])([I])([I])[I]. The van der Waals surface area contributed by atoms with E-state index in [4.69, 9.17) is 0 Å². The Labute approximate surface area is 84.3 Å². The first-order valence-corrected chi connectivity index (χ1v) is 49.7. The molecule has 0 aromatic rings. The monoisotopic (exact) mass is 844 g/mol. The third-order valence-corrected chi connectivity index (χ3v) is 0. The van der Waals surface area contributed by atoms with Gasteiger partial charge in [0, 0.05) is 0 Å². The van der Waals surface area contributed by atoms with E-state index in [-0.39, 0.29) is 0 Å². The molecule has 6 heteroatoms. The Morgan fingerprint density at radius 3 is 0.667 bits per heavy atom. The average molecular weight is 844 g/mol. The van der Waals surface area contributed by atoms with E-state index in [0.717, 1.165) is 0 Å². The van der Waals surface area contributed by atoms with E-state index in [1.807, 2.05) is 0 Å². The molecule has 0 aliphatic carbocycles. The van der Waals surface area contributed by atoms with Crippen LogP contribution in [0.3, 0.4) is 0 Å². The van der Waals surface area contributed by atoms with Crippen molar-refractivity contribution in [2.45, 2.75) is 0 Å². The molecule has 0 rings (SSSR count). The van der Waals surface area contributed by atoms with Crippen LogP contribution in [0.1, 0.15) is 0 Å². The molecule has 0 aliphatic rings. The van der Waals surface area contributed by atoms with Gasteiger partial charge in [0.05, 0.1) is 0 Å². The minimum atomic E-state index is -1.95. The van der Waals surface area contributed by atoms with Gasteiger partial charge in [0.1, 0.15) is 0 Å². The molecule has 0 heterocycles. The first-order chi connectivity index (χ1) is 2.24. The zero-order valence-electron chi connectivity index (χ0n) is 2.34. The van der Waals surface area contributed by atoms with Crippen molar-refractivity contribution in [1.29, 1.82) is 0 Å². The molecule has 42 valence electrons. The standard InChI is InChI=1S/Bi.5HI/h;5*1H/q+3;;;;;/p-5. The van der Waals surface area contributed by atoms with Crippen molar-refractivity contribution < 1.29 is 0 Å². The Balaban J connectivity index is 3.73. The van der Waals surface area contributed by atoms with Crippen LogP contribution in [0.2, 0.25) is 0 Å². The number of hydrogen-bond donors (Lipinski definition) is 0. The van der Waals surface area contributed by atoms with Crippen LogP contribution in [0.25, 0.3) is 0 Å². The first kappa shape index (κ1) is 10.5. The maximum absolute atomic E-state index is 2.57. The first-order valence-electron chi connectivity index (χ1n) is 0.845. The summed E-state index contributed by atoms with van der Waals surface area (Å²) in [5.74, 6) is 0. The zero-order chi connectivity index (χ0) is 5.45. The zero-order valence-corrected chi connectivity index (χ0v) is 16.6. The molecule has 0 spiro atoms. The van der Waals surface area contributed by atoms with E-state index in [2.05, 4.69) is 90.2 Å². The van der Waals surface area contributed by atoms with Crippen LogP contribution in [-0.2, 0) is 0 Å². The van der Waals surface area contributed by atoms with Gasteiger partial charge in [-0.1, -0.05) is 0 Å². The van der Waals surface area contributed by atoms with Crippen LogP contribution in [0.4, 0.5) is 0 Å². The van der Waals surface area contributed by atoms with Crippen molar-refractivity contribution in [1.82, 2.24) is 0 Å². The molecule has 0 unspecified atom stereocenters. The fourth-order valence-corrected chi connectivity index (χ4v) is 0. The molecular weight excluding hydrogens is 844 g/mol. The molecule has 0 nitrogen and oxygen atoms in total. The Kier molecular flexibility index (Phi) is 5.77. The quantitative estimate of drug-likeness (QED) is 0.256. The molecule has 0 aliphatic heterocycles. The van der Waals surface area contributed by atoms with Gasteiger partial charge < -0.3 is 0 Å².